The Kier molecular flexibility index (Phi) is 3.65. The number of rotatable bonds is 3. The molecule has 0 spiro atoms. The molecule has 0 saturated carbocycles. The molecule has 0 bridgehead atoms. The van der Waals surface area contributed by atoms with Gasteiger partial charge in [-0.25, -0.2) is 13.4 Å². The number of imidazole rings is 1. The van der Waals surface area contributed by atoms with E-state index in [0.29, 0.717) is 38.2 Å². The normalized spacial score (nSPS) is 20.1. The summed E-state index contributed by atoms with van der Waals surface area (Å²) in [5, 5.41) is 9.20. The molecular formula is C12H18N4O2S. The first-order chi connectivity index (χ1) is 8.91. The molecule has 19 heavy (non-hydrogen) atoms. The minimum atomic E-state index is -3.50. The molecule has 7 heteroatoms. The predicted molar refractivity (Wildman–Crippen MR) is 69.7 cm³/mol. The maximum absolute atomic E-state index is 12.4. The highest BCUT2D eigenvalue weighted by atomic mass is 32.2. The number of hydrogen-bond donors (Lipinski definition) is 1. The molecule has 0 amide bonds. The van der Waals surface area contributed by atoms with Gasteiger partial charge in [-0.2, -0.15) is 9.57 Å². The zero-order chi connectivity index (χ0) is 14.1. The number of aromatic nitrogens is 2. The highest BCUT2D eigenvalue weighted by Gasteiger charge is 2.36. The van der Waals surface area contributed by atoms with E-state index < -0.39 is 15.4 Å². The smallest absolute Gasteiger partial charge is 0.260 e. The molecule has 1 aromatic heterocycles. The van der Waals surface area contributed by atoms with Gasteiger partial charge in [0.15, 0.2) is 5.03 Å². The molecule has 1 aromatic rings. The van der Waals surface area contributed by atoms with Gasteiger partial charge in [0.05, 0.1) is 17.7 Å². The van der Waals surface area contributed by atoms with Crippen molar-refractivity contribution in [2.75, 3.05) is 13.1 Å². The van der Waals surface area contributed by atoms with E-state index in [9.17, 15) is 8.42 Å². The van der Waals surface area contributed by atoms with Crippen molar-refractivity contribution >= 4 is 10.0 Å². The summed E-state index contributed by atoms with van der Waals surface area (Å²) in [4.78, 5) is 6.86. The summed E-state index contributed by atoms with van der Waals surface area (Å²) in [5.74, 6) is 0.664. The summed E-state index contributed by atoms with van der Waals surface area (Å²) in [6, 6.07) is 2.26. The van der Waals surface area contributed by atoms with Gasteiger partial charge in [-0.15, -0.1) is 0 Å². The van der Waals surface area contributed by atoms with Crippen LogP contribution in [0.5, 0.6) is 0 Å². The third-order valence-electron chi connectivity index (χ3n) is 3.65. The van der Waals surface area contributed by atoms with Gasteiger partial charge in [0.25, 0.3) is 10.0 Å². The van der Waals surface area contributed by atoms with Crippen molar-refractivity contribution < 1.29 is 8.42 Å². The summed E-state index contributed by atoms with van der Waals surface area (Å²) >= 11 is 0. The Balaban J connectivity index is 2.16. The Morgan fingerprint density at radius 3 is 2.63 bits per heavy atom. The van der Waals surface area contributed by atoms with E-state index >= 15 is 0 Å². The van der Waals surface area contributed by atoms with Gasteiger partial charge in [0.2, 0.25) is 0 Å². The quantitative estimate of drug-likeness (QED) is 0.904. The van der Waals surface area contributed by atoms with Crippen molar-refractivity contribution in [3.63, 3.8) is 0 Å². The van der Waals surface area contributed by atoms with Crippen LogP contribution in [-0.4, -0.2) is 35.8 Å². The van der Waals surface area contributed by atoms with Gasteiger partial charge < -0.3 is 4.98 Å². The van der Waals surface area contributed by atoms with Crippen LogP contribution in [0.4, 0.5) is 0 Å². The molecule has 0 atom stereocenters. The summed E-state index contributed by atoms with van der Waals surface area (Å²) in [5.41, 5.74) is -0.408. The standard InChI is InChI=1S/C12H18N4O2S/c1-3-10-14-8-11(15-10)19(17,18)16-6-4-12(2,9-13)5-7-16/h8H,3-7H2,1-2H3,(H,14,15). The van der Waals surface area contributed by atoms with Crippen molar-refractivity contribution in [1.82, 2.24) is 14.3 Å². The van der Waals surface area contributed by atoms with Crippen LogP contribution in [0.1, 0.15) is 32.5 Å². The van der Waals surface area contributed by atoms with Crippen LogP contribution in [0.3, 0.4) is 0 Å². The van der Waals surface area contributed by atoms with E-state index in [1.807, 2.05) is 13.8 Å². The maximum Gasteiger partial charge on any atom is 0.260 e. The van der Waals surface area contributed by atoms with Crippen molar-refractivity contribution in [2.24, 2.45) is 5.41 Å². The molecule has 1 aliphatic rings. The molecular weight excluding hydrogens is 264 g/mol. The fraction of sp³-hybridized carbons (Fsp3) is 0.667. The van der Waals surface area contributed by atoms with E-state index in [-0.39, 0.29) is 5.03 Å². The van der Waals surface area contributed by atoms with Crippen molar-refractivity contribution in [3.8, 4) is 6.07 Å². The lowest BCUT2D eigenvalue weighted by molar-refractivity contribution is 0.231. The summed E-state index contributed by atoms with van der Waals surface area (Å²) < 4.78 is 26.2. The molecule has 0 unspecified atom stereocenters. The van der Waals surface area contributed by atoms with Crippen LogP contribution in [0.25, 0.3) is 0 Å². The topological polar surface area (TPSA) is 89.8 Å². The van der Waals surface area contributed by atoms with Gasteiger partial charge in [-0.1, -0.05) is 6.92 Å². The SMILES string of the molecule is CCc1ncc(S(=O)(=O)N2CCC(C)(C#N)CC2)[nH]1. The Morgan fingerprint density at radius 2 is 2.16 bits per heavy atom. The van der Waals surface area contributed by atoms with Crippen LogP contribution in [0.15, 0.2) is 11.2 Å². The molecule has 0 aliphatic carbocycles. The van der Waals surface area contributed by atoms with Gasteiger partial charge >= 0.3 is 0 Å². The van der Waals surface area contributed by atoms with Gasteiger partial charge in [0.1, 0.15) is 5.82 Å². The van der Waals surface area contributed by atoms with Crippen LogP contribution < -0.4 is 0 Å². The van der Waals surface area contributed by atoms with Crippen LogP contribution in [0, 0.1) is 16.7 Å². The Labute approximate surface area is 113 Å². The number of H-pyrrole nitrogens is 1. The minimum Gasteiger partial charge on any atom is -0.332 e. The highest BCUT2D eigenvalue weighted by molar-refractivity contribution is 7.89. The zero-order valence-corrected chi connectivity index (χ0v) is 12.0. The zero-order valence-electron chi connectivity index (χ0n) is 11.2. The number of aromatic amines is 1. The third-order valence-corrected chi connectivity index (χ3v) is 5.46. The lowest BCUT2D eigenvalue weighted by Crippen LogP contribution is -2.41. The highest BCUT2D eigenvalue weighted by Crippen LogP contribution is 2.32. The first kappa shape index (κ1) is 14.0. The van der Waals surface area contributed by atoms with Gasteiger partial charge in [-0.3, -0.25) is 0 Å². The molecule has 104 valence electrons. The molecule has 0 radical (unpaired) electrons. The Morgan fingerprint density at radius 1 is 1.53 bits per heavy atom. The van der Waals surface area contributed by atoms with E-state index in [2.05, 4.69) is 16.0 Å². The van der Waals surface area contributed by atoms with E-state index in [4.69, 9.17) is 5.26 Å². The molecule has 2 heterocycles. The third kappa shape index (κ3) is 2.65. The fourth-order valence-electron chi connectivity index (χ4n) is 2.13. The van der Waals surface area contributed by atoms with Crippen LogP contribution in [-0.2, 0) is 16.4 Å². The number of piperidine rings is 1. The molecule has 0 aromatic carbocycles. The summed E-state index contributed by atoms with van der Waals surface area (Å²) in [6.07, 6.45) is 3.17. The second kappa shape index (κ2) is 4.94. The fourth-order valence-corrected chi connectivity index (χ4v) is 3.50. The average Bonchev–Trinajstić information content (AvgIpc) is 2.89. The number of hydrogen-bond acceptors (Lipinski definition) is 4. The first-order valence-corrected chi connectivity index (χ1v) is 7.80. The minimum absolute atomic E-state index is 0.143. The van der Waals surface area contributed by atoms with Gasteiger partial charge in [0, 0.05) is 19.5 Å². The number of nitriles is 1. The number of aryl methyl sites for hydroxylation is 1. The van der Waals surface area contributed by atoms with Crippen LogP contribution in [0.2, 0.25) is 0 Å². The second-order valence-corrected chi connectivity index (χ2v) is 7.03. The van der Waals surface area contributed by atoms with Crippen molar-refractivity contribution in [2.45, 2.75) is 38.1 Å². The Hall–Kier alpha value is -1.39. The predicted octanol–water partition coefficient (Wildman–Crippen LogP) is 1.29. The molecule has 1 N–H and O–H groups in total. The number of sulfonamides is 1. The van der Waals surface area contributed by atoms with E-state index in [0.717, 1.165) is 0 Å². The number of nitrogens with zero attached hydrogens (tertiary/aromatic N) is 3. The first-order valence-electron chi connectivity index (χ1n) is 6.36. The summed E-state index contributed by atoms with van der Waals surface area (Å²) in [7, 11) is -3.50. The van der Waals surface area contributed by atoms with Crippen molar-refractivity contribution in [1.29, 1.82) is 5.26 Å². The average molecular weight is 282 g/mol. The Bertz CT molecular complexity index is 591. The maximum atomic E-state index is 12.4. The van der Waals surface area contributed by atoms with E-state index in [1.165, 1.54) is 10.5 Å². The molecule has 6 nitrogen and oxygen atoms in total. The lowest BCUT2D eigenvalue weighted by atomic mass is 9.83. The van der Waals surface area contributed by atoms with E-state index in [1.54, 1.807) is 0 Å². The van der Waals surface area contributed by atoms with Gasteiger partial charge in [-0.05, 0) is 19.8 Å². The molecule has 2 rings (SSSR count). The largest absolute Gasteiger partial charge is 0.332 e. The van der Waals surface area contributed by atoms with Crippen LogP contribution >= 0.6 is 0 Å². The molecule has 1 fully saturated rings. The number of nitrogens with one attached hydrogen (secondary N) is 1. The molecule has 1 saturated heterocycles. The molecule has 1 aliphatic heterocycles. The van der Waals surface area contributed by atoms with Crippen molar-refractivity contribution in [3.05, 3.63) is 12.0 Å². The summed E-state index contributed by atoms with van der Waals surface area (Å²) in [6.45, 7) is 4.55. The lowest BCUT2D eigenvalue weighted by Gasteiger charge is -2.33. The monoisotopic (exact) mass is 282 g/mol. The second-order valence-electron chi connectivity index (χ2n) is 5.12.